The highest BCUT2D eigenvalue weighted by molar-refractivity contribution is 5.41. The molecule has 0 amide bonds. The van der Waals surface area contributed by atoms with Gasteiger partial charge in [-0.2, -0.15) is 5.26 Å². The molecule has 0 radical (unpaired) electrons. The van der Waals surface area contributed by atoms with Gasteiger partial charge in [0.25, 0.3) is 0 Å². The molecule has 0 spiro atoms. The largest absolute Gasteiger partial charge is 0.206 e. The highest BCUT2D eigenvalue weighted by Gasteiger charge is 1.99. The van der Waals surface area contributed by atoms with E-state index in [1.165, 1.54) is 18.2 Å². The van der Waals surface area contributed by atoms with Crippen LogP contribution in [-0.4, -0.2) is 0 Å². The van der Waals surface area contributed by atoms with Crippen LogP contribution in [0.15, 0.2) is 18.2 Å². The Morgan fingerprint density at radius 2 is 2.18 bits per heavy atom. The Labute approximate surface area is 64.1 Å². The molecule has 0 aliphatic carbocycles. The molecule has 0 heterocycles. The van der Waals surface area contributed by atoms with Crippen LogP contribution in [0.2, 0.25) is 0 Å². The van der Waals surface area contributed by atoms with E-state index in [1.54, 1.807) is 6.07 Å². The molecular weight excluding hydrogens is 141 g/mol. The highest BCUT2D eigenvalue weighted by atomic mass is 19.1. The van der Waals surface area contributed by atoms with Crippen LogP contribution in [0.3, 0.4) is 0 Å². The predicted molar refractivity (Wildman–Crippen MR) is 39.1 cm³/mol. The van der Waals surface area contributed by atoms with Crippen molar-refractivity contribution in [2.75, 3.05) is 0 Å². The zero-order valence-corrected chi connectivity index (χ0v) is 5.63. The zero-order valence-electron chi connectivity index (χ0n) is 5.63. The van der Waals surface area contributed by atoms with E-state index in [9.17, 15) is 4.39 Å². The lowest BCUT2D eigenvalue weighted by Gasteiger charge is -1.92. The van der Waals surface area contributed by atoms with Gasteiger partial charge in [-0.15, -0.1) is 6.42 Å². The van der Waals surface area contributed by atoms with Crippen LogP contribution in [0.1, 0.15) is 11.1 Å². The van der Waals surface area contributed by atoms with E-state index in [-0.39, 0.29) is 5.56 Å². The van der Waals surface area contributed by atoms with E-state index in [0.717, 1.165) is 0 Å². The number of rotatable bonds is 0. The fourth-order valence-electron chi connectivity index (χ4n) is 0.701. The molecular formula is C9H4FN. The third-order valence-electron chi connectivity index (χ3n) is 1.25. The Balaban J connectivity index is 3.29. The standard InChI is InChI=1S/C9H4FN/c1-2-7-3-4-9(10)8(5-7)6-11/h1,3-5H. The Morgan fingerprint density at radius 3 is 2.73 bits per heavy atom. The van der Waals surface area contributed by atoms with Crippen molar-refractivity contribution in [1.29, 1.82) is 5.26 Å². The average Bonchev–Trinajstić information content (AvgIpc) is 2.05. The first kappa shape index (κ1) is 7.31. The van der Waals surface area contributed by atoms with Gasteiger partial charge in [-0.1, -0.05) is 5.92 Å². The molecule has 0 unspecified atom stereocenters. The molecule has 0 aromatic heterocycles. The lowest BCUT2D eigenvalue weighted by molar-refractivity contribution is 0.624. The third-order valence-corrected chi connectivity index (χ3v) is 1.25. The summed E-state index contributed by atoms with van der Waals surface area (Å²) in [7, 11) is 0. The molecule has 0 N–H and O–H groups in total. The van der Waals surface area contributed by atoms with Gasteiger partial charge in [0.2, 0.25) is 0 Å². The van der Waals surface area contributed by atoms with E-state index in [4.69, 9.17) is 11.7 Å². The Hall–Kier alpha value is -1.80. The molecule has 1 rings (SSSR count). The number of nitriles is 1. The van der Waals surface area contributed by atoms with E-state index >= 15 is 0 Å². The fraction of sp³-hybridized carbons (Fsp3) is 0. The minimum Gasteiger partial charge on any atom is -0.206 e. The van der Waals surface area contributed by atoms with Crippen LogP contribution >= 0.6 is 0 Å². The molecule has 0 atom stereocenters. The van der Waals surface area contributed by atoms with Gasteiger partial charge in [0.1, 0.15) is 11.9 Å². The van der Waals surface area contributed by atoms with Gasteiger partial charge in [0.05, 0.1) is 5.56 Å². The van der Waals surface area contributed by atoms with Gasteiger partial charge in [0.15, 0.2) is 0 Å². The molecule has 0 fully saturated rings. The minimum atomic E-state index is -0.536. The Kier molecular flexibility index (Phi) is 1.90. The second-order valence-corrected chi connectivity index (χ2v) is 1.95. The normalized spacial score (nSPS) is 8.27. The van der Waals surface area contributed by atoms with E-state index in [0.29, 0.717) is 5.56 Å². The number of benzene rings is 1. The van der Waals surface area contributed by atoms with Gasteiger partial charge < -0.3 is 0 Å². The molecule has 1 aromatic carbocycles. The molecule has 1 nitrogen and oxygen atoms in total. The van der Waals surface area contributed by atoms with Crippen molar-refractivity contribution in [1.82, 2.24) is 0 Å². The maximum absolute atomic E-state index is 12.6. The molecule has 11 heavy (non-hydrogen) atoms. The van der Waals surface area contributed by atoms with Crippen LogP contribution in [0.4, 0.5) is 4.39 Å². The second-order valence-electron chi connectivity index (χ2n) is 1.95. The summed E-state index contributed by atoms with van der Waals surface area (Å²) in [5, 5.41) is 8.38. The second kappa shape index (κ2) is 2.86. The van der Waals surface area contributed by atoms with Crippen LogP contribution < -0.4 is 0 Å². The van der Waals surface area contributed by atoms with Crippen LogP contribution in [0.25, 0.3) is 0 Å². The summed E-state index contributed by atoms with van der Waals surface area (Å²) in [6, 6.07) is 5.68. The SMILES string of the molecule is C#Cc1ccc(F)c(C#N)c1. The summed E-state index contributed by atoms with van der Waals surface area (Å²) in [5.74, 6) is 1.78. The van der Waals surface area contributed by atoms with Crippen molar-refractivity contribution in [3.05, 3.63) is 35.1 Å². The van der Waals surface area contributed by atoms with Gasteiger partial charge in [0, 0.05) is 5.56 Å². The highest BCUT2D eigenvalue weighted by Crippen LogP contribution is 2.07. The third kappa shape index (κ3) is 1.36. The summed E-state index contributed by atoms with van der Waals surface area (Å²) in [6.45, 7) is 0. The van der Waals surface area contributed by atoms with Gasteiger partial charge in [-0.05, 0) is 18.2 Å². The lowest BCUT2D eigenvalue weighted by Crippen LogP contribution is -1.84. The quantitative estimate of drug-likeness (QED) is 0.509. The average molecular weight is 145 g/mol. The predicted octanol–water partition coefficient (Wildman–Crippen LogP) is 1.68. The van der Waals surface area contributed by atoms with Crippen molar-refractivity contribution in [2.24, 2.45) is 0 Å². The molecule has 0 aliphatic rings. The van der Waals surface area contributed by atoms with Gasteiger partial charge >= 0.3 is 0 Å². The smallest absolute Gasteiger partial charge is 0.141 e. The van der Waals surface area contributed by atoms with Crippen LogP contribution in [0.5, 0.6) is 0 Å². The summed E-state index contributed by atoms with van der Waals surface area (Å²) in [6.07, 6.45) is 5.04. The molecule has 0 saturated heterocycles. The summed E-state index contributed by atoms with van der Waals surface area (Å²) < 4.78 is 12.6. The Morgan fingerprint density at radius 1 is 1.45 bits per heavy atom. The van der Waals surface area contributed by atoms with Crippen molar-refractivity contribution in [3.8, 4) is 18.4 Å². The lowest BCUT2D eigenvalue weighted by atomic mass is 10.1. The van der Waals surface area contributed by atoms with Crippen molar-refractivity contribution in [3.63, 3.8) is 0 Å². The van der Waals surface area contributed by atoms with E-state index in [2.05, 4.69) is 5.92 Å². The minimum absolute atomic E-state index is 0.0135. The molecule has 0 saturated carbocycles. The summed E-state index contributed by atoms with van der Waals surface area (Å²) in [5.41, 5.74) is 0.503. The maximum atomic E-state index is 12.6. The first-order valence-corrected chi connectivity index (χ1v) is 2.94. The summed E-state index contributed by atoms with van der Waals surface area (Å²) in [4.78, 5) is 0. The summed E-state index contributed by atoms with van der Waals surface area (Å²) >= 11 is 0. The van der Waals surface area contributed by atoms with Crippen molar-refractivity contribution >= 4 is 0 Å². The van der Waals surface area contributed by atoms with Crippen molar-refractivity contribution < 1.29 is 4.39 Å². The maximum Gasteiger partial charge on any atom is 0.141 e. The fourth-order valence-corrected chi connectivity index (χ4v) is 0.701. The van der Waals surface area contributed by atoms with E-state index < -0.39 is 5.82 Å². The first-order valence-electron chi connectivity index (χ1n) is 2.94. The monoisotopic (exact) mass is 145 g/mol. The first-order chi connectivity index (χ1) is 5.27. The topological polar surface area (TPSA) is 23.8 Å². The van der Waals surface area contributed by atoms with E-state index in [1.807, 2.05) is 0 Å². The zero-order chi connectivity index (χ0) is 8.27. The number of hydrogen-bond acceptors (Lipinski definition) is 1. The number of terminal acetylenes is 1. The number of nitrogens with zero attached hydrogens (tertiary/aromatic N) is 1. The van der Waals surface area contributed by atoms with Crippen LogP contribution in [-0.2, 0) is 0 Å². The van der Waals surface area contributed by atoms with Crippen molar-refractivity contribution in [2.45, 2.75) is 0 Å². The molecule has 0 aliphatic heterocycles. The molecule has 0 bridgehead atoms. The molecule has 2 heteroatoms. The Bertz CT molecular complexity index is 355. The van der Waals surface area contributed by atoms with Gasteiger partial charge in [-0.3, -0.25) is 0 Å². The van der Waals surface area contributed by atoms with Crippen LogP contribution in [0, 0.1) is 29.5 Å². The van der Waals surface area contributed by atoms with Gasteiger partial charge in [-0.25, -0.2) is 4.39 Å². The molecule has 1 aromatic rings. The number of halogens is 1. The molecule has 52 valence electrons. The number of hydrogen-bond donors (Lipinski definition) is 0.